The fourth-order valence-corrected chi connectivity index (χ4v) is 4.45. The van der Waals surface area contributed by atoms with E-state index >= 15 is 0 Å². The van der Waals surface area contributed by atoms with Crippen molar-refractivity contribution in [3.05, 3.63) is 59.2 Å². The van der Waals surface area contributed by atoms with Crippen LogP contribution < -0.4 is 0 Å². The lowest BCUT2D eigenvalue weighted by Crippen LogP contribution is -2.27. The van der Waals surface area contributed by atoms with Gasteiger partial charge in [-0.15, -0.1) is 0 Å². The standard InChI is InChI=1S/C22H28N4.H2S/c1-15-11-19(12-16(2)23-15)13-18-9-10-26(14-18)17(3)22-24-20-7-5-6-8-21(20)25(22)4;/h5-8,11-12,17-18H,9-10,13-14H2,1-4H3;1H2. The SMILES string of the molecule is Cc1cc(CC2CCN(C(C)c3nc4ccccc4n3C)C2)cc(C)n1.S. The summed E-state index contributed by atoms with van der Waals surface area (Å²) in [5, 5.41) is 0. The van der Waals surface area contributed by atoms with Crippen molar-refractivity contribution in [2.45, 2.75) is 39.7 Å². The number of pyridine rings is 1. The van der Waals surface area contributed by atoms with E-state index in [2.05, 4.69) is 78.7 Å². The van der Waals surface area contributed by atoms with Gasteiger partial charge >= 0.3 is 0 Å². The van der Waals surface area contributed by atoms with Gasteiger partial charge in [0.1, 0.15) is 5.82 Å². The lowest BCUT2D eigenvalue weighted by molar-refractivity contribution is 0.240. The molecule has 2 aromatic heterocycles. The molecule has 0 aliphatic carbocycles. The van der Waals surface area contributed by atoms with Crippen LogP contribution in [0.1, 0.15) is 42.2 Å². The van der Waals surface area contributed by atoms with Crippen LogP contribution in [-0.4, -0.2) is 32.5 Å². The fraction of sp³-hybridized carbons (Fsp3) is 0.455. The Morgan fingerprint density at radius 2 is 1.81 bits per heavy atom. The quantitative estimate of drug-likeness (QED) is 0.674. The minimum atomic E-state index is 0. The Labute approximate surface area is 169 Å². The molecule has 0 spiro atoms. The molecular weight excluding hydrogens is 352 g/mol. The van der Waals surface area contributed by atoms with Gasteiger partial charge in [0, 0.05) is 25.0 Å². The molecule has 3 heterocycles. The number of aromatic nitrogens is 3. The molecule has 1 saturated heterocycles. The molecule has 0 radical (unpaired) electrons. The van der Waals surface area contributed by atoms with Gasteiger partial charge in [0.2, 0.25) is 0 Å². The average molecular weight is 383 g/mol. The maximum atomic E-state index is 4.90. The summed E-state index contributed by atoms with van der Waals surface area (Å²) in [6.07, 6.45) is 2.41. The monoisotopic (exact) mass is 382 g/mol. The van der Waals surface area contributed by atoms with E-state index in [4.69, 9.17) is 4.98 Å². The Hall–Kier alpha value is -1.85. The Kier molecular flexibility index (Phi) is 5.92. The highest BCUT2D eigenvalue weighted by atomic mass is 32.1. The average Bonchev–Trinajstić information content (AvgIpc) is 3.19. The lowest BCUT2D eigenvalue weighted by Gasteiger charge is -2.24. The minimum Gasteiger partial charge on any atom is -0.330 e. The Morgan fingerprint density at radius 1 is 1.11 bits per heavy atom. The summed E-state index contributed by atoms with van der Waals surface area (Å²) in [5.41, 5.74) is 5.99. The molecule has 2 unspecified atom stereocenters. The third-order valence-corrected chi connectivity index (χ3v) is 5.73. The number of likely N-dealkylation sites (tertiary alicyclic amines) is 1. The van der Waals surface area contributed by atoms with Crippen molar-refractivity contribution in [3.8, 4) is 0 Å². The van der Waals surface area contributed by atoms with Crippen LogP contribution in [0.4, 0.5) is 0 Å². The molecule has 1 fully saturated rings. The van der Waals surface area contributed by atoms with Crippen molar-refractivity contribution < 1.29 is 0 Å². The molecule has 27 heavy (non-hydrogen) atoms. The zero-order valence-corrected chi connectivity index (χ0v) is 17.7. The second-order valence-corrected chi connectivity index (χ2v) is 7.81. The zero-order valence-electron chi connectivity index (χ0n) is 16.7. The van der Waals surface area contributed by atoms with Crippen LogP contribution in [0.2, 0.25) is 0 Å². The van der Waals surface area contributed by atoms with E-state index < -0.39 is 0 Å². The summed E-state index contributed by atoms with van der Waals surface area (Å²) in [6, 6.07) is 13.2. The van der Waals surface area contributed by atoms with Gasteiger partial charge in [-0.3, -0.25) is 9.88 Å². The fourth-order valence-electron chi connectivity index (χ4n) is 4.45. The molecule has 4 nitrogen and oxygen atoms in total. The molecule has 5 heteroatoms. The summed E-state index contributed by atoms with van der Waals surface area (Å²) in [5.74, 6) is 1.88. The van der Waals surface area contributed by atoms with Crippen LogP contribution >= 0.6 is 13.5 Å². The predicted molar refractivity (Wildman–Crippen MR) is 117 cm³/mol. The van der Waals surface area contributed by atoms with Gasteiger partial charge in [-0.1, -0.05) is 12.1 Å². The summed E-state index contributed by atoms with van der Waals surface area (Å²) < 4.78 is 2.25. The van der Waals surface area contributed by atoms with E-state index in [9.17, 15) is 0 Å². The smallest absolute Gasteiger partial charge is 0.126 e. The first kappa shape index (κ1) is 19.9. The summed E-state index contributed by atoms with van der Waals surface area (Å²) >= 11 is 0. The number of nitrogens with zero attached hydrogens (tertiary/aromatic N) is 4. The molecule has 1 aliphatic rings. The van der Waals surface area contributed by atoms with E-state index in [-0.39, 0.29) is 13.5 Å². The number of hydrogen-bond donors (Lipinski definition) is 0. The van der Waals surface area contributed by atoms with Crippen LogP contribution in [-0.2, 0) is 13.5 Å². The summed E-state index contributed by atoms with van der Waals surface area (Å²) in [7, 11) is 2.14. The number of rotatable bonds is 4. The van der Waals surface area contributed by atoms with Crippen LogP contribution in [0.25, 0.3) is 11.0 Å². The summed E-state index contributed by atoms with van der Waals surface area (Å²) in [4.78, 5) is 12.0. The Bertz CT molecular complexity index is 913. The molecule has 144 valence electrons. The Balaban J connectivity index is 0.00000210. The van der Waals surface area contributed by atoms with Crippen molar-refractivity contribution in [2.24, 2.45) is 13.0 Å². The van der Waals surface area contributed by atoms with E-state index in [1.165, 1.54) is 23.3 Å². The molecule has 0 bridgehead atoms. The van der Waals surface area contributed by atoms with Crippen molar-refractivity contribution in [2.75, 3.05) is 13.1 Å². The third kappa shape index (κ3) is 4.04. The molecule has 0 amide bonds. The Morgan fingerprint density at radius 3 is 2.52 bits per heavy atom. The highest BCUT2D eigenvalue weighted by molar-refractivity contribution is 7.59. The van der Waals surface area contributed by atoms with Crippen molar-refractivity contribution in [3.63, 3.8) is 0 Å². The van der Waals surface area contributed by atoms with Gasteiger partial charge in [0.25, 0.3) is 0 Å². The molecular formula is C22H30N4S. The number of fused-ring (bicyclic) bond motifs is 1. The lowest BCUT2D eigenvalue weighted by atomic mass is 9.98. The van der Waals surface area contributed by atoms with Gasteiger partial charge in [0.15, 0.2) is 0 Å². The van der Waals surface area contributed by atoms with Gasteiger partial charge in [-0.05, 0) is 75.9 Å². The van der Waals surface area contributed by atoms with Crippen LogP contribution in [0.3, 0.4) is 0 Å². The minimum absolute atomic E-state index is 0. The maximum Gasteiger partial charge on any atom is 0.126 e. The first-order valence-corrected chi connectivity index (χ1v) is 9.61. The van der Waals surface area contributed by atoms with Gasteiger partial charge in [-0.25, -0.2) is 4.98 Å². The third-order valence-electron chi connectivity index (χ3n) is 5.73. The molecule has 0 N–H and O–H groups in total. The van der Waals surface area contributed by atoms with Crippen molar-refractivity contribution in [1.29, 1.82) is 0 Å². The van der Waals surface area contributed by atoms with Crippen molar-refractivity contribution in [1.82, 2.24) is 19.4 Å². The summed E-state index contributed by atoms with van der Waals surface area (Å²) in [6.45, 7) is 8.77. The number of aryl methyl sites for hydroxylation is 3. The van der Waals surface area contributed by atoms with E-state index in [1.807, 2.05) is 0 Å². The highest BCUT2D eigenvalue weighted by Gasteiger charge is 2.29. The first-order valence-electron chi connectivity index (χ1n) is 9.61. The number of hydrogen-bond acceptors (Lipinski definition) is 3. The van der Waals surface area contributed by atoms with Crippen LogP contribution in [0, 0.1) is 19.8 Å². The van der Waals surface area contributed by atoms with Crippen LogP contribution in [0.15, 0.2) is 36.4 Å². The van der Waals surface area contributed by atoms with E-state index in [0.717, 1.165) is 36.4 Å². The normalized spacial score (nSPS) is 18.6. The topological polar surface area (TPSA) is 34.0 Å². The second kappa shape index (κ2) is 8.03. The van der Waals surface area contributed by atoms with Gasteiger partial charge < -0.3 is 4.57 Å². The van der Waals surface area contributed by atoms with Gasteiger partial charge in [-0.2, -0.15) is 13.5 Å². The molecule has 0 saturated carbocycles. The molecule has 1 aromatic carbocycles. The second-order valence-electron chi connectivity index (χ2n) is 7.81. The number of benzene rings is 1. The largest absolute Gasteiger partial charge is 0.330 e. The predicted octanol–water partition coefficient (Wildman–Crippen LogP) is 4.32. The number of para-hydroxylation sites is 2. The highest BCUT2D eigenvalue weighted by Crippen LogP contribution is 2.30. The maximum absolute atomic E-state index is 4.90. The van der Waals surface area contributed by atoms with E-state index in [0.29, 0.717) is 12.0 Å². The first-order chi connectivity index (χ1) is 12.5. The van der Waals surface area contributed by atoms with Crippen molar-refractivity contribution >= 4 is 24.5 Å². The molecule has 2 atom stereocenters. The van der Waals surface area contributed by atoms with Crippen LogP contribution in [0.5, 0.6) is 0 Å². The zero-order chi connectivity index (χ0) is 18.3. The molecule has 4 rings (SSSR count). The van der Waals surface area contributed by atoms with Gasteiger partial charge in [0.05, 0.1) is 17.1 Å². The molecule has 1 aliphatic heterocycles. The molecule has 3 aromatic rings. The number of imidazole rings is 1. The van der Waals surface area contributed by atoms with E-state index in [1.54, 1.807) is 0 Å².